The Hall–Kier alpha value is -3.15. The Morgan fingerprint density at radius 2 is 1.79 bits per heavy atom. The van der Waals surface area contributed by atoms with Gasteiger partial charge < -0.3 is 11.1 Å². The number of rotatable bonds is 4. The molecule has 3 aromatic rings. The molecule has 0 unspecified atom stereocenters. The Labute approximate surface area is 140 Å². The van der Waals surface area contributed by atoms with Crippen molar-refractivity contribution in [3.05, 3.63) is 71.4 Å². The quantitative estimate of drug-likeness (QED) is 0.773. The number of carbonyl (C=O) groups is 1. The fourth-order valence-corrected chi connectivity index (χ4v) is 2.42. The molecule has 0 bridgehead atoms. The summed E-state index contributed by atoms with van der Waals surface area (Å²) in [6.45, 7) is 3.91. The van der Waals surface area contributed by atoms with Crippen molar-refractivity contribution in [2.24, 2.45) is 0 Å². The van der Waals surface area contributed by atoms with Gasteiger partial charge in [-0.25, -0.2) is 0 Å². The molecule has 3 rings (SSSR count). The van der Waals surface area contributed by atoms with Crippen LogP contribution in [0.25, 0.3) is 5.69 Å². The number of benzene rings is 2. The number of aryl methyl sites for hydroxylation is 1. The highest BCUT2D eigenvalue weighted by atomic mass is 16.2. The molecule has 1 amide bonds. The molecule has 24 heavy (non-hydrogen) atoms. The molecule has 1 heterocycles. The lowest BCUT2D eigenvalue weighted by atomic mass is 10.1. The van der Waals surface area contributed by atoms with Crippen molar-refractivity contribution in [1.29, 1.82) is 0 Å². The summed E-state index contributed by atoms with van der Waals surface area (Å²) < 4.78 is 1.46. The summed E-state index contributed by atoms with van der Waals surface area (Å²) in [5.74, 6) is -0.126. The van der Waals surface area contributed by atoms with Crippen molar-refractivity contribution in [3.63, 3.8) is 0 Å². The summed E-state index contributed by atoms with van der Waals surface area (Å²) in [5.41, 5.74) is 9.10. The van der Waals surface area contributed by atoms with Crippen LogP contribution in [0.2, 0.25) is 0 Å². The van der Waals surface area contributed by atoms with E-state index < -0.39 is 0 Å². The minimum Gasteiger partial charge on any atom is -0.382 e. The average Bonchev–Trinajstić information content (AvgIpc) is 2.98. The van der Waals surface area contributed by atoms with Gasteiger partial charge in [-0.15, -0.1) is 5.10 Å². The van der Waals surface area contributed by atoms with Gasteiger partial charge >= 0.3 is 0 Å². The van der Waals surface area contributed by atoms with E-state index in [0.29, 0.717) is 0 Å². The Balaban J connectivity index is 1.80. The van der Waals surface area contributed by atoms with Crippen LogP contribution < -0.4 is 11.1 Å². The third kappa shape index (κ3) is 3.12. The molecule has 1 aromatic heterocycles. The van der Waals surface area contributed by atoms with Crippen LogP contribution in [0, 0.1) is 6.92 Å². The molecule has 0 fully saturated rings. The van der Waals surface area contributed by atoms with Crippen LogP contribution in [-0.2, 0) is 0 Å². The first-order valence-corrected chi connectivity index (χ1v) is 7.70. The molecule has 0 aliphatic carbocycles. The van der Waals surface area contributed by atoms with E-state index in [1.807, 2.05) is 68.4 Å². The maximum Gasteiger partial charge on any atom is 0.276 e. The average molecular weight is 321 g/mol. The summed E-state index contributed by atoms with van der Waals surface area (Å²) in [4.78, 5) is 12.4. The van der Waals surface area contributed by atoms with E-state index in [1.165, 1.54) is 4.68 Å². The lowest BCUT2D eigenvalue weighted by Gasteiger charge is -2.13. The number of nitrogens with zero attached hydrogens (tertiary/aromatic N) is 3. The van der Waals surface area contributed by atoms with Crippen molar-refractivity contribution in [3.8, 4) is 5.69 Å². The fourth-order valence-electron chi connectivity index (χ4n) is 2.42. The molecule has 3 N–H and O–H groups in total. The minimum atomic E-state index is -0.345. The number of nitrogens with two attached hydrogens (primary N) is 1. The highest BCUT2D eigenvalue weighted by Crippen LogP contribution is 2.17. The third-order valence-corrected chi connectivity index (χ3v) is 3.85. The van der Waals surface area contributed by atoms with E-state index >= 15 is 0 Å². The van der Waals surface area contributed by atoms with Crippen molar-refractivity contribution >= 4 is 11.7 Å². The first kappa shape index (κ1) is 15.7. The SMILES string of the molecule is Cc1ccc(-n2nnc(C(=O)N[C@H](C)c3ccccc3)c2N)cc1. The van der Waals surface area contributed by atoms with E-state index in [-0.39, 0.29) is 23.5 Å². The lowest BCUT2D eigenvalue weighted by molar-refractivity contribution is 0.0935. The van der Waals surface area contributed by atoms with Crippen LogP contribution in [0.5, 0.6) is 0 Å². The lowest BCUT2D eigenvalue weighted by Crippen LogP contribution is -2.27. The Morgan fingerprint density at radius 1 is 1.12 bits per heavy atom. The van der Waals surface area contributed by atoms with Gasteiger partial charge in [-0.1, -0.05) is 53.2 Å². The second kappa shape index (κ2) is 6.54. The number of aromatic nitrogens is 3. The standard InChI is InChI=1S/C18H19N5O/c1-12-8-10-15(11-9-12)23-17(19)16(21-22-23)18(24)20-13(2)14-6-4-3-5-7-14/h3-11,13H,19H2,1-2H3,(H,20,24)/t13-/m1/s1. The van der Waals surface area contributed by atoms with Gasteiger partial charge in [0.2, 0.25) is 0 Å². The number of amides is 1. The van der Waals surface area contributed by atoms with E-state index in [4.69, 9.17) is 5.73 Å². The predicted octanol–water partition coefficient (Wildman–Crippen LogP) is 2.65. The highest BCUT2D eigenvalue weighted by molar-refractivity contribution is 5.96. The van der Waals surface area contributed by atoms with Crippen molar-refractivity contribution in [2.45, 2.75) is 19.9 Å². The van der Waals surface area contributed by atoms with E-state index in [9.17, 15) is 4.79 Å². The summed E-state index contributed by atoms with van der Waals surface area (Å²) in [6.07, 6.45) is 0. The van der Waals surface area contributed by atoms with Gasteiger partial charge in [-0.05, 0) is 31.5 Å². The molecule has 1 atom stereocenters. The normalized spacial score (nSPS) is 11.9. The Kier molecular flexibility index (Phi) is 4.29. The number of anilines is 1. The molecular weight excluding hydrogens is 302 g/mol. The first-order chi connectivity index (χ1) is 11.6. The van der Waals surface area contributed by atoms with Gasteiger partial charge in [-0.3, -0.25) is 4.79 Å². The van der Waals surface area contributed by atoms with Gasteiger partial charge in [-0.2, -0.15) is 4.68 Å². The van der Waals surface area contributed by atoms with Gasteiger partial charge in [0.05, 0.1) is 11.7 Å². The summed E-state index contributed by atoms with van der Waals surface area (Å²) in [5, 5.41) is 10.8. The molecule has 0 spiro atoms. The fraction of sp³-hybridized carbons (Fsp3) is 0.167. The van der Waals surface area contributed by atoms with Gasteiger partial charge in [0.15, 0.2) is 11.5 Å². The van der Waals surface area contributed by atoms with Crippen LogP contribution in [0.4, 0.5) is 5.82 Å². The molecule has 6 heteroatoms. The number of hydrogen-bond acceptors (Lipinski definition) is 4. The smallest absolute Gasteiger partial charge is 0.276 e. The summed E-state index contributed by atoms with van der Waals surface area (Å²) >= 11 is 0. The minimum absolute atomic E-state index is 0.123. The van der Waals surface area contributed by atoms with Crippen molar-refractivity contribution < 1.29 is 4.79 Å². The number of nitrogen functional groups attached to an aromatic ring is 1. The maximum atomic E-state index is 12.4. The van der Waals surface area contributed by atoms with Gasteiger partial charge in [0.1, 0.15) is 0 Å². The van der Waals surface area contributed by atoms with Crippen LogP contribution in [0.1, 0.15) is 34.6 Å². The summed E-state index contributed by atoms with van der Waals surface area (Å²) in [6, 6.07) is 17.2. The largest absolute Gasteiger partial charge is 0.382 e. The zero-order valence-electron chi connectivity index (χ0n) is 13.6. The number of carbonyl (C=O) groups excluding carboxylic acids is 1. The molecule has 122 valence electrons. The molecule has 0 aliphatic heterocycles. The summed E-state index contributed by atoms with van der Waals surface area (Å²) in [7, 11) is 0. The molecule has 0 saturated heterocycles. The Morgan fingerprint density at radius 3 is 2.46 bits per heavy atom. The molecule has 0 saturated carbocycles. The highest BCUT2D eigenvalue weighted by Gasteiger charge is 2.20. The van der Waals surface area contributed by atoms with Crippen LogP contribution in [0.15, 0.2) is 54.6 Å². The number of hydrogen-bond donors (Lipinski definition) is 2. The first-order valence-electron chi connectivity index (χ1n) is 7.70. The van der Waals surface area contributed by atoms with E-state index in [2.05, 4.69) is 15.6 Å². The monoisotopic (exact) mass is 321 g/mol. The topological polar surface area (TPSA) is 85.8 Å². The zero-order valence-corrected chi connectivity index (χ0v) is 13.6. The van der Waals surface area contributed by atoms with Gasteiger partial charge in [0.25, 0.3) is 5.91 Å². The second-order valence-corrected chi connectivity index (χ2v) is 5.68. The van der Waals surface area contributed by atoms with Crippen LogP contribution in [0.3, 0.4) is 0 Å². The van der Waals surface area contributed by atoms with E-state index in [1.54, 1.807) is 0 Å². The van der Waals surface area contributed by atoms with Crippen LogP contribution in [-0.4, -0.2) is 20.9 Å². The third-order valence-electron chi connectivity index (χ3n) is 3.85. The Bertz CT molecular complexity index is 840. The molecule has 2 aromatic carbocycles. The van der Waals surface area contributed by atoms with Gasteiger partial charge in [0, 0.05) is 0 Å². The molecule has 6 nitrogen and oxygen atoms in total. The second-order valence-electron chi connectivity index (χ2n) is 5.68. The number of nitrogens with one attached hydrogen (secondary N) is 1. The molecule has 0 aliphatic rings. The predicted molar refractivity (Wildman–Crippen MR) is 92.8 cm³/mol. The van der Waals surface area contributed by atoms with E-state index in [0.717, 1.165) is 16.8 Å². The maximum absolute atomic E-state index is 12.4. The van der Waals surface area contributed by atoms with Crippen LogP contribution >= 0.6 is 0 Å². The zero-order chi connectivity index (χ0) is 17.1. The molecular formula is C18H19N5O. The van der Waals surface area contributed by atoms with Crippen molar-refractivity contribution in [1.82, 2.24) is 20.3 Å². The van der Waals surface area contributed by atoms with Crippen molar-refractivity contribution in [2.75, 3.05) is 5.73 Å². The molecule has 0 radical (unpaired) electrons.